The van der Waals surface area contributed by atoms with Gasteiger partial charge in [0.15, 0.2) is 5.75 Å². The molecule has 6 nitrogen and oxygen atoms in total. The molecule has 1 aliphatic rings. The summed E-state index contributed by atoms with van der Waals surface area (Å²) in [4.78, 5) is 10.5. The molecule has 1 saturated heterocycles. The van der Waals surface area contributed by atoms with Gasteiger partial charge >= 0.3 is 0 Å². The van der Waals surface area contributed by atoms with Gasteiger partial charge in [-0.1, -0.05) is 0 Å². The highest BCUT2D eigenvalue weighted by molar-refractivity contribution is 5.25. The Kier molecular flexibility index (Phi) is 4.52. The van der Waals surface area contributed by atoms with E-state index in [1.807, 2.05) is 0 Å². The van der Waals surface area contributed by atoms with Crippen LogP contribution < -0.4 is 10.1 Å². The van der Waals surface area contributed by atoms with Gasteiger partial charge in [0.1, 0.15) is 6.61 Å². The lowest BCUT2D eigenvalue weighted by Gasteiger charge is -2.26. The van der Waals surface area contributed by atoms with Gasteiger partial charge in [-0.15, -0.1) is 0 Å². The Morgan fingerprint density at radius 1 is 1.35 bits per heavy atom. The van der Waals surface area contributed by atoms with Crippen LogP contribution in [0.5, 0.6) is 5.75 Å². The molecule has 0 spiro atoms. The van der Waals surface area contributed by atoms with E-state index < -0.39 is 0 Å². The van der Waals surface area contributed by atoms with Crippen LogP contribution in [0.25, 0.3) is 0 Å². The molecule has 2 heterocycles. The summed E-state index contributed by atoms with van der Waals surface area (Å²) in [6.07, 6.45) is 3.36. The van der Waals surface area contributed by atoms with Gasteiger partial charge < -0.3 is 14.8 Å². The number of hydrogen-bond acceptors (Lipinski definition) is 6. The van der Waals surface area contributed by atoms with Crippen LogP contribution in [-0.2, 0) is 4.74 Å². The summed E-state index contributed by atoms with van der Waals surface area (Å²) in [5.41, 5.74) is 0. The monoisotopic (exact) mass is 238 g/mol. The normalized spacial score (nSPS) is 16.8. The summed E-state index contributed by atoms with van der Waals surface area (Å²) >= 11 is 0. The lowest BCUT2D eigenvalue weighted by Crippen LogP contribution is -2.38. The number of nitrogens with one attached hydrogen (secondary N) is 1. The van der Waals surface area contributed by atoms with Gasteiger partial charge in [-0.05, 0) is 0 Å². The molecule has 0 radical (unpaired) electrons. The van der Waals surface area contributed by atoms with Crippen molar-refractivity contribution in [1.82, 2.24) is 14.9 Å². The summed E-state index contributed by atoms with van der Waals surface area (Å²) in [7, 11) is 1.79. The molecule has 94 valence electrons. The van der Waals surface area contributed by atoms with Gasteiger partial charge in [0, 0.05) is 26.7 Å². The molecule has 0 aromatic carbocycles. The highest BCUT2D eigenvalue weighted by atomic mass is 16.5. The van der Waals surface area contributed by atoms with E-state index in [4.69, 9.17) is 9.47 Å². The molecule has 0 bridgehead atoms. The van der Waals surface area contributed by atoms with Crippen molar-refractivity contribution in [2.75, 3.05) is 51.8 Å². The number of hydrogen-bond donors (Lipinski definition) is 1. The van der Waals surface area contributed by atoms with Crippen molar-refractivity contribution in [3.63, 3.8) is 0 Å². The fourth-order valence-electron chi connectivity index (χ4n) is 1.64. The molecule has 17 heavy (non-hydrogen) atoms. The summed E-state index contributed by atoms with van der Waals surface area (Å²) < 4.78 is 10.9. The molecule has 0 saturated carbocycles. The second kappa shape index (κ2) is 6.36. The number of ether oxygens (including phenoxy) is 2. The van der Waals surface area contributed by atoms with Crippen molar-refractivity contribution >= 4 is 5.95 Å². The topological polar surface area (TPSA) is 59.5 Å². The quantitative estimate of drug-likeness (QED) is 0.792. The summed E-state index contributed by atoms with van der Waals surface area (Å²) in [5, 5.41) is 2.86. The minimum Gasteiger partial charge on any atom is -0.489 e. The molecule has 0 atom stereocenters. The average Bonchev–Trinajstić information content (AvgIpc) is 2.41. The van der Waals surface area contributed by atoms with E-state index in [9.17, 15) is 0 Å². The third-order valence-corrected chi connectivity index (χ3v) is 2.63. The molecule has 0 amide bonds. The highest BCUT2D eigenvalue weighted by Crippen LogP contribution is 2.08. The molecule has 1 fully saturated rings. The second-order valence-corrected chi connectivity index (χ2v) is 3.79. The fourth-order valence-corrected chi connectivity index (χ4v) is 1.64. The van der Waals surface area contributed by atoms with Crippen molar-refractivity contribution in [2.45, 2.75) is 0 Å². The van der Waals surface area contributed by atoms with Gasteiger partial charge in [0.2, 0.25) is 5.95 Å². The van der Waals surface area contributed by atoms with Crippen molar-refractivity contribution in [1.29, 1.82) is 0 Å². The minimum atomic E-state index is 0.602. The molecule has 1 aliphatic heterocycles. The molecule has 1 aromatic rings. The Balaban J connectivity index is 1.69. The zero-order valence-electron chi connectivity index (χ0n) is 10.1. The Labute approximate surface area is 101 Å². The number of nitrogens with zero attached hydrogens (tertiary/aromatic N) is 3. The summed E-state index contributed by atoms with van der Waals surface area (Å²) in [6.45, 7) is 5.18. The van der Waals surface area contributed by atoms with Gasteiger partial charge in [0.25, 0.3) is 0 Å². The first kappa shape index (κ1) is 12.1. The maximum absolute atomic E-state index is 5.57. The maximum Gasteiger partial charge on any atom is 0.222 e. The van der Waals surface area contributed by atoms with E-state index in [0.717, 1.165) is 32.8 Å². The lowest BCUT2D eigenvalue weighted by atomic mass is 10.4. The third kappa shape index (κ3) is 3.83. The van der Waals surface area contributed by atoms with Crippen LogP contribution in [0.15, 0.2) is 12.4 Å². The molecule has 6 heteroatoms. The van der Waals surface area contributed by atoms with Crippen LogP contribution in [-0.4, -0.2) is 61.4 Å². The van der Waals surface area contributed by atoms with Crippen LogP contribution in [0.3, 0.4) is 0 Å². The molecule has 2 rings (SSSR count). The minimum absolute atomic E-state index is 0.602. The van der Waals surface area contributed by atoms with Crippen LogP contribution in [0.2, 0.25) is 0 Å². The number of anilines is 1. The average molecular weight is 238 g/mol. The molecule has 1 aromatic heterocycles. The van der Waals surface area contributed by atoms with Gasteiger partial charge in [-0.2, -0.15) is 0 Å². The number of morpholine rings is 1. The first-order chi connectivity index (χ1) is 8.38. The van der Waals surface area contributed by atoms with E-state index in [1.165, 1.54) is 0 Å². The SMILES string of the molecule is CNc1ncc(OCCN2CCOCC2)cn1. The molecular formula is C11H18N4O2. The number of aromatic nitrogens is 2. The smallest absolute Gasteiger partial charge is 0.222 e. The van der Waals surface area contributed by atoms with E-state index in [1.54, 1.807) is 19.4 Å². The summed E-state index contributed by atoms with van der Waals surface area (Å²) in [5.74, 6) is 1.31. The van der Waals surface area contributed by atoms with E-state index in [0.29, 0.717) is 18.3 Å². The predicted octanol–water partition coefficient (Wildman–Crippen LogP) is 0.229. The molecule has 0 unspecified atom stereocenters. The highest BCUT2D eigenvalue weighted by Gasteiger charge is 2.09. The van der Waals surface area contributed by atoms with Crippen LogP contribution in [0.4, 0.5) is 5.95 Å². The molecule has 1 N–H and O–H groups in total. The Hall–Kier alpha value is -1.40. The first-order valence-corrected chi connectivity index (χ1v) is 5.81. The van der Waals surface area contributed by atoms with Gasteiger partial charge in [0.05, 0.1) is 25.6 Å². The molecular weight excluding hydrogens is 220 g/mol. The molecule has 0 aliphatic carbocycles. The van der Waals surface area contributed by atoms with Crippen molar-refractivity contribution < 1.29 is 9.47 Å². The maximum atomic E-state index is 5.57. The standard InChI is InChI=1S/C11H18N4O2/c1-12-11-13-8-10(9-14-11)17-7-4-15-2-5-16-6-3-15/h8-9H,2-7H2,1H3,(H,12,13,14). The fraction of sp³-hybridized carbons (Fsp3) is 0.636. The predicted molar refractivity (Wildman–Crippen MR) is 64.3 cm³/mol. The van der Waals surface area contributed by atoms with E-state index in [2.05, 4.69) is 20.2 Å². The Morgan fingerprint density at radius 3 is 2.71 bits per heavy atom. The lowest BCUT2D eigenvalue weighted by molar-refractivity contribution is 0.0322. The Bertz CT molecular complexity index is 325. The van der Waals surface area contributed by atoms with Crippen molar-refractivity contribution in [2.24, 2.45) is 0 Å². The number of rotatable bonds is 5. The third-order valence-electron chi connectivity index (χ3n) is 2.63. The Morgan fingerprint density at radius 2 is 2.06 bits per heavy atom. The van der Waals surface area contributed by atoms with Gasteiger partial charge in [-0.3, -0.25) is 4.90 Å². The van der Waals surface area contributed by atoms with E-state index in [-0.39, 0.29) is 0 Å². The van der Waals surface area contributed by atoms with E-state index >= 15 is 0 Å². The largest absolute Gasteiger partial charge is 0.489 e. The van der Waals surface area contributed by atoms with Crippen LogP contribution in [0, 0.1) is 0 Å². The summed E-state index contributed by atoms with van der Waals surface area (Å²) in [6, 6.07) is 0. The van der Waals surface area contributed by atoms with Crippen LogP contribution >= 0.6 is 0 Å². The van der Waals surface area contributed by atoms with Crippen molar-refractivity contribution in [3.8, 4) is 5.75 Å². The second-order valence-electron chi connectivity index (χ2n) is 3.79. The van der Waals surface area contributed by atoms with Gasteiger partial charge in [-0.25, -0.2) is 9.97 Å². The zero-order valence-corrected chi connectivity index (χ0v) is 10.1. The van der Waals surface area contributed by atoms with Crippen LogP contribution in [0.1, 0.15) is 0 Å². The zero-order chi connectivity index (χ0) is 11.9. The first-order valence-electron chi connectivity index (χ1n) is 5.81. The van der Waals surface area contributed by atoms with Crippen molar-refractivity contribution in [3.05, 3.63) is 12.4 Å².